The van der Waals surface area contributed by atoms with Gasteiger partial charge in [0, 0.05) is 30.9 Å². The number of thiazole rings is 1. The minimum atomic E-state index is 0.370. The molecule has 106 valence electrons. The van der Waals surface area contributed by atoms with Crippen molar-refractivity contribution in [1.82, 2.24) is 19.4 Å². The third-order valence-corrected chi connectivity index (χ3v) is 4.62. The molecule has 3 aromatic rings. The topological polar surface area (TPSA) is 34.0 Å². The maximum absolute atomic E-state index is 4.47. The molecule has 4 rings (SSSR count). The maximum atomic E-state index is 4.47. The molecule has 0 radical (unpaired) electrons. The highest BCUT2D eigenvalue weighted by atomic mass is 32.1. The van der Waals surface area contributed by atoms with Crippen LogP contribution in [-0.4, -0.2) is 19.4 Å². The lowest BCUT2D eigenvalue weighted by Crippen LogP contribution is -2.36. The average molecular weight is 296 g/mol. The minimum absolute atomic E-state index is 0.370. The van der Waals surface area contributed by atoms with Crippen molar-refractivity contribution >= 4 is 11.3 Å². The van der Waals surface area contributed by atoms with Crippen LogP contribution >= 0.6 is 11.3 Å². The summed E-state index contributed by atoms with van der Waals surface area (Å²) in [5, 5.41) is 2.13. The largest absolute Gasteiger partial charge is 0.332 e. The van der Waals surface area contributed by atoms with Crippen LogP contribution in [0.25, 0.3) is 0 Å². The zero-order valence-corrected chi connectivity index (χ0v) is 12.4. The maximum Gasteiger partial charge on any atom is 0.122 e. The second-order valence-corrected chi connectivity index (χ2v) is 6.03. The van der Waals surface area contributed by atoms with E-state index in [1.54, 1.807) is 11.3 Å². The number of imidazole rings is 1. The van der Waals surface area contributed by atoms with E-state index in [-0.39, 0.29) is 0 Å². The highest BCUT2D eigenvalue weighted by Crippen LogP contribution is 2.30. The smallest absolute Gasteiger partial charge is 0.122 e. The summed E-state index contributed by atoms with van der Waals surface area (Å²) >= 11 is 1.65. The lowest BCUT2D eigenvalue weighted by molar-refractivity contribution is 0.127. The van der Waals surface area contributed by atoms with Crippen LogP contribution in [0.15, 0.2) is 53.6 Å². The number of nitrogens with zero attached hydrogens (tertiary/aromatic N) is 4. The molecule has 4 nitrogen and oxygen atoms in total. The van der Waals surface area contributed by atoms with Crippen LogP contribution in [0, 0.1) is 0 Å². The van der Waals surface area contributed by atoms with Gasteiger partial charge in [-0.05, 0) is 5.56 Å². The molecule has 0 saturated carbocycles. The van der Waals surface area contributed by atoms with E-state index in [0.29, 0.717) is 6.04 Å². The quantitative estimate of drug-likeness (QED) is 0.745. The van der Waals surface area contributed by atoms with E-state index < -0.39 is 0 Å². The molecule has 0 amide bonds. The third kappa shape index (κ3) is 2.50. The van der Waals surface area contributed by atoms with Gasteiger partial charge in [-0.15, -0.1) is 11.3 Å². The van der Waals surface area contributed by atoms with Crippen molar-refractivity contribution in [2.24, 2.45) is 0 Å². The van der Waals surface area contributed by atoms with Crippen molar-refractivity contribution in [3.8, 4) is 0 Å². The predicted molar refractivity (Wildman–Crippen MR) is 82.8 cm³/mol. The standard InChI is InChI=1S/C16H16N4S/c1-2-4-13(5-3-1)15-9-19-7-6-17-16(19)10-20(15)8-14-11-21-12-18-14/h1-7,11-12,15H,8-10H2. The fourth-order valence-corrected chi connectivity index (χ4v) is 3.48. The Labute approximate surface area is 127 Å². The van der Waals surface area contributed by atoms with Crippen molar-refractivity contribution in [1.29, 1.82) is 0 Å². The first-order valence-electron chi connectivity index (χ1n) is 7.06. The molecule has 1 unspecified atom stereocenters. The Balaban J connectivity index is 1.67. The Morgan fingerprint density at radius 2 is 2.10 bits per heavy atom. The molecular weight excluding hydrogens is 280 g/mol. The van der Waals surface area contributed by atoms with Crippen LogP contribution in [0.3, 0.4) is 0 Å². The second-order valence-electron chi connectivity index (χ2n) is 5.31. The first-order chi connectivity index (χ1) is 10.4. The second kappa shape index (κ2) is 5.42. The molecule has 0 fully saturated rings. The summed E-state index contributed by atoms with van der Waals surface area (Å²) in [7, 11) is 0. The fourth-order valence-electron chi connectivity index (χ4n) is 2.93. The molecule has 3 heterocycles. The van der Waals surface area contributed by atoms with Crippen molar-refractivity contribution in [2.45, 2.75) is 25.7 Å². The number of hydrogen-bond donors (Lipinski definition) is 0. The lowest BCUT2D eigenvalue weighted by atomic mass is 10.0. The predicted octanol–water partition coefficient (Wildman–Crippen LogP) is 3.10. The first-order valence-corrected chi connectivity index (χ1v) is 8.00. The SMILES string of the molecule is c1ccc(C2Cn3ccnc3CN2Cc2cscn2)cc1. The number of hydrogen-bond acceptors (Lipinski definition) is 4. The number of aromatic nitrogens is 3. The van der Waals surface area contributed by atoms with Gasteiger partial charge >= 0.3 is 0 Å². The Kier molecular flexibility index (Phi) is 3.29. The molecule has 5 heteroatoms. The van der Waals surface area contributed by atoms with Gasteiger partial charge in [0.15, 0.2) is 0 Å². The Morgan fingerprint density at radius 3 is 2.90 bits per heavy atom. The Morgan fingerprint density at radius 1 is 1.19 bits per heavy atom. The van der Waals surface area contributed by atoms with E-state index >= 15 is 0 Å². The summed E-state index contributed by atoms with van der Waals surface area (Å²) < 4.78 is 2.26. The molecular formula is C16H16N4S. The number of rotatable bonds is 3. The molecule has 1 aliphatic rings. The van der Waals surface area contributed by atoms with Crippen molar-refractivity contribution in [3.63, 3.8) is 0 Å². The molecule has 1 atom stereocenters. The van der Waals surface area contributed by atoms with Crippen molar-refractivity contribution in [2.75, 3.05) is 0 Å². The van der Waals surface area contributed by atoms with Gasteiger partial charge in [-0.2, -0.15) is 0 Å². The molecule has 0 saturated heterocycles. The molecule has 0 spiro atoms. The molecule has 21 heavy (non-hydrogen) atoms. The summed E-state index contributed by atoms with van der Waals surface area (Å²) in [6.07, 6.45) is 3.97. The number of fused-ring (bicyclic) bond motifs is 1. The van der Waals surface area contributed by atoms with E-state index in [2.05, 4.69) is 61.3 Å². The van der Waals surface area contributed by atoms with Gasteiger partial charge in [0.2, 0.25) is 0 Å². The zero-order valence-electron chi connectivity index (χ0n) is 11.6. The average Bonchev–Trinajstić information content (AvgIpc) is 3.18. The summed E-state index contributed by atoms with van der Waals surface area (Å²) in [5.74, 6) is 1.14. The zero-order chi connectivity index (χ0) is 14.1. The van der Waals surface area contributed by atoms with Crippen LogP contribution in [0.4, 0.5) is 0 Å². The summed E-state index contributed by atoms with van der Waals surface area (Å²) in [4.78, 5) is 11.4. The molecule has 1 aromatic carbocycles. The Hall–Kier alpha value is -1.98. The molecule has 0 bridgehead atoms. The van der Waals surface area contributed by atoms with E-state index in [1.165, 1.54) is 5.56 Å². The lowest BCUT2D eigenvalue weighted by Gasteiger charge is -2.36. The number of benzene rings is 1. The van der Waals surface area contributed by atoms with Gasteiger partial charge in [0.05, 0.1) is 23.8 Å². The van der Waals surface area contributed by atoms with Crippen molar-refractivity contribution < 1.29 is 0 Å². The molecule has 1 aliphatic heterocycles. The highest BCUT2D eigenvalue weighted by Gasteiger charge is 2.28. The van der Waals surface area contributed by atoms with Crippen LogP contribution in [0.1, 0.15) is 23.1 Å². The summed E-state index contributed by atoms with van der Waals surface area (Å²) in [6, 6.07) is 11.1. The minimum Gasteiger partial charge on any atom is -0.332 e. The molecule has 0 aliphatic carbocycles. The van der Waals surface area contributed by atoms with Gasteiger partial charge in [-0.3, -0.25) is 4.90 Å². The van der Waals surface area contributed by atoms with Crippen LogP contribution in [-0.2, 0) is 19.6 Å². The summed E-state index contributed by atoms with van der Waals surface area (Å²) in [6.45, 7) is 2.68. The first kappa shape index (κ1) is 12.7. The summed E-state index contributed by atoms with van der Waals surface area (Å²) in [5.41, 5.74) is 4.39. The highest BCUT2D eigenvalue weighted by molar-refractivity contribution is 7.07. The van der Waals surface area contributed by atoms with Crippen molar-refractivity contribution in [3.05, 3.63) is 70.7 Å². The Bertz CT molecular complexity index is 705. The van der Waals surface area contributed by atoms with Gasteiger partial charge in [-0.25, -0.2) is 9.97 Å². The normalized spacial score (nSPS) is 18.6. The fraction of sp³-hybridized carbons (Fsp3) is 0.250. The van der Waals surface area contributed by atoms with Crippen LogP contribution in [0.2, 0.25) is 0 Å². The van der Waals surface area contributed by atoms with Gasteiger partial charge in [0.1, 0.15) is 5.82 Å². The third-order valence-electron chi connectivity index (χ3n) is 3.99. The van der Waals surface area contributed by atoms with E-state index in [9.17, 15) is 0 Å². The van der Waals surface area contributed by atoms with Crippen LogP contribution < -0.4 is 0 Å². The van der Waals surface area contributed by atoms with Gasteiger partial charge in [0.25, 0.3) is 0 Å². The van der Waals surface area contributed by atoms with Gasteiger partial charge < -0.3 is 4.57 Å². The van der Waals surface area contributed by atoms with E-state index in [0.717, 1.165) is 31.2 Å². The van der Waals surface area contributed by atoms with Gasteiger partial charge in [-0.1, -0.05) is 30.3 Å². The van der Waals surface area contributed by atoms with E-state index in [1.807, 2.05) is 11.7 Å². The van der Waals surface area contributed by atoms with E-state index in [4.69, 9.17) is 0 Å². The molecule has 0 N–H and O–H groups in total. The van der Waals surface area contributed by atoms with Crippen LogP contribution in [0.5, 0.6) is 0 Å². The molecule has 2 aromatic heterocycles. The monoisotopic (exact) mass is 296 g/mol.